The normalized spacial score (nSPS) is 11.1. The molecule has 0 bridgehead atoms. The molecule has 0 fully saturated rings. The molecular formula is C17H18N3O4-. The van der Waals surface area contributed by atoms with E-state index in [4.69, 9.17) is 9.47 Å². The summed E-state index contributed by atoms with van der Waals surface area (Å²) in [6.07, 6.45) is 3.10. The van der Waals surface area contributed by atoms with Gasteiger partial charge in [0.1, 0.15) is 0 Å². The molecule has 1 aromatic heterocycles. The molecule has 1 amide bonds. The Hall–Kier alpha value is -2.93. The van der Waals surface area contributed by atoms with Crippen LogP contribution in [0.1, 0.15) is 18.1 Å². The predicted molar refractivity (Wildman–Crippen MR) is 89.9 cm³/mol. The number of ether oxygens (including phenoxy) is 2. The van der Waals surface area contributed by atoms with E-state index in [1.165, 1.54) is 14.2 Å². The highest BCUT2D eigenvalue weighted by Crippen LogP contribution is 2.27. The molecule has 0 N–H and O–H groups in total. The van der Waals surface area contributed by atoms with Crippen molar-refractivity contribution in [1.29, 1.82) is 0 Å². The second-order valence-corrected chi connectivity index (χ2v) is 4.95. The molecule has 0 aliphatic heterocycles. The molecule has 0 saturated heterocycles. The van der Waals surface area contributed by atoms with Crippen LogP contribution in [-0.4, -0.2) is 36.0 Å². The zero-order valence-electron chi connectivity index (χ0n) is 13.7. The molecule has 24 heavy (non-hydrogen) atoms. The third-order valence-corrected chi connectivity index (χ3v) is 3.36. The van der Waals surface area contributed by atoms with Gasteiger partial charge in [0, 0.05) is 18.0 Å². The molecule has 0 atom stereocenters. The number of carbonyl (C=O) groups excluding carboxylic acids is 1. The van der Waals surface area contributed by atoms with Gasteiger partial charge in [0.05, 0.1) is 26.4 Å². The maximum absolute atomic E-state index is 12.1. The van der Waals surface area contributed by atoms with Crippen LogP contribution in [0.5, 0.6) is 11.5 Å². The summed E-state index contributed by atoms with van der Waals surface area (Å²) in [7, 11) is 3.03. The van der Waals surface area contributed by atoms with Crippen LogP contribution >= 0.6 is 0 Å². The first-order valence-corrected chi connectivity index (χ1v) is 7.21. The Morgan fingerprint density at radius 1 is 1.17 bits per heavy atom. The number of benzene rings is 1. The van der Waals surface area contributed by atoms with Gasteiger partial charge in [-0.3, -0.25) is 9.78 Å². The van der Waals surface area contributed by atoms with Gasteiger partial charge in [0.2, 0.25) is 5.91 Å². The Kier molecular flexibility index (Phi) is 5.86. The highest BCUT2D eigenvalue weighted by molar-refractivity contribution is 5.99. The Morgan fingerprint density at radius 2 is 1.83 bits per heavy atom. The number of hydrogen-bond donors (Lipinski definition) is 0. The fourth-order valence-electron chi connectivity index (χ4n) is 2.08. The van der Waals surface area contributed by atoms with Crippen molar-refractivity contribution in [2.24, 2.45) is 5.10 Å². The first-order chi connectivity index (χ1) is 11.5. The first-order valence-electron chi connectivity index (χ1n) is 7.21. The standard InChI is InChI=1S/C17H18N3O4/c1-12(14-6-8-18-9-7-14)19-20(22)17(21)11-13-4-5-15(23-2)16(10-13)24-3/h4-10H,11H2,1-3H3/q-1. The van der Waals surface area contributed by atoms with Crippen LogP contribution in [0.4, 0.5) is 0 Å². The monoisotopic (exact) mass is 328 g/mol. The topological polar surface area (TPSA) is 87.1 Å². The van der Waals surface area contributed by atoms with Crippen molar-refractivity contribution in [3.63, 3.8) is 0 Å². The molecule has 1 heterocycles. The zero-order chi connectivity index (χ0) is 17.5. The minimum atomic E-state index is -0.671. The van der Waals surface area contributed by atoms with Gasteiger partial charge in [0.25, 0.3) is 0 Å². The van der Waals surface area contributed by atoms with Gasteiger partial charge < -0.3 is 19.9 Å². The van der Waals surface area contributed by atoms with Crippen LogP contribution in [0.3, 0.4) is 0 Å². The second kappa shape index (κ2) is 8.07. The van der Waals surface area contributed by atoms with Gasteiger partial charge in [-0.05, 0) is 36.8 Å². The predicted octanol–water partition coefficient (Wildman–Crippen LogP) is 2.39. The van der Waals surface area contributed by atoms with E-state index in [9.17, 15) is 10.0 Å². The second-order valence-electron chi connectivity index (χ2n) is 4.95. The molecular weight excluding hydrogens is 310 g/mol. The van der Waals surface area contributed by atoms with E-state index in [2.05, 4.69) is 10.1 Å². The third kappa shape index (κ3) is 4.30. The van der Waals surface area contributed by atoms with Crippen molar-refractivity contribution in [3.8, 4) is 11.5 Å². The highest BCUT2D eigenvalue weighted by atomic mass is 16.5. The summed E-state index contributed by atoms with van der Waals surface area (Å²) in [4.78, 5) is 15.9. The minimum Gasteiger partial charge on any atom is -0.735 e. The van der Waals surface area contributed by atoms with E-state index in [1.54, 1.807) is 49.6 Å². The summed E-state index contributed by atoms with van der Waals surface area (Å²) in [5.74, 6) is 0.381. The molecule has 2 rings (SSSR count). The van der Waals surface area contributed by atoms with Crippen molar-refractivity contribution >= 4 is 11.6 Å². The summed E-state index contributed by atoms with van der Waals surface area (Å²) in [5, 5.41) is 15.8. The summed E-state index contributed by atoms with van der Waals surface area (Å²) in [6, 6.07) is 8.47. The van der Waals surface area contributed by atoms with E-state index < -0.39 is 5.91 Å². The highest BCUT2D eigenvalue weighted by Gasteiger charge is 2.10. The molecule has 0 radical (unpaired) electrons. The molecule has 0 saturated carbocycles. The smallest absolute Gasteiger partial charge is 0.236 e. The lowest BCUT2D eigenvalue weighted by Crippen LogP contribution is -2.23. The van der Waals surface area contributed by atoms with Crippen molar-refractivity contribution in [2.45, 2.75) is 13.3 Å². The number of rotatable bonds is 6. The largest absolute Gasteiger partial charge is 0.735 e. The Balaban J connectivity index is 2.09. The molecule has 7 heteroatoms. The van der Waals surface area contributed by atoms with Gasteiger partial charge in [-0.1, -0.05) is 6.07 Å². The van der Waals surface area contributed by atoms with Crippen molar-refractivity contribution < 1.29 is 14.3 Å². The van der Waals surface area contributed by atoms with Gasteiger partial charge in [0.15, 0.2) is 11.5 Å². The Labute approximate surface area is 140 Å². The number of methoxy groups -OCH3 is 2. The van der Waals surface area contributed by atoms with Crippen LogP contribution in [0.15, 0.2) is 47.8 Å². The summed E-state index contributed by atoms with van der Waals surface area (Å²) >= 11 is 0. The molecule has 7 nitrogen and oxygen atoms in total. The molecule has 126 valence electrons. The zero-order valence-corrected chi connectivity index (χ0v) is 13.7. The summed E-state index contributed by atoms with van der Waals surface area (Å²) in [5.41, 5.74) is 1.80. The first kappa shape index (κ1) is 17.4. The lowest BCUT2D eigenvalue weighted by molar-refractivity contribution is -0.127. The minimum absolute atomic E-state index is 0.0863. The lowest BCUT2D eigenvalue weighted by Gasteiger charge is -2.23. The van der Waals surface area contributed by atoms with E-state index >= 15 is 0 Å². The lowest BCUT2D eigenvalue weighted by atomic mass is 10.1. The maximum Gasteiger partial charge on any atom is 0.236 e. The van der Waals surface area contributed by atoms with E-state index in [0.29, 0.717) is 22.8 Å². The number of aromatic nitrogens is 1. The van der Waals surface area contributed by atoms with Crippen molar-refractivity contribution in [1.82, 2.24) is 10.2 Å². The number of carbonyl (C=O) groups is 1. The summed E-state index contributed by atoms with van der Waals surface area (Å²) < 4.78 is 10.3. The van der Waals surface area contributed by atoms with Crippen LogP contribution < -0.4 is 9.47 Å². The SMILES string of the molecule is COc1ccc(CC(=O)N([O-])N=C(C)c2ccncc2)cc1OC. The Morgan fingerprint density at radius 3 is 2.46 bits per heavy atom. The number of hydroxylamine groups is 1. The number of hydrazone groups is 1. The van der Waals surface area contributed by atoms with Crippen LogP contribution in [-0.2, 0) is 11.2 Å². The molecule has 0 spiro atoms. The quantitative estimate of drug-likeness (QED) is 0.600. The Bertz CT molecular complexity index is 732. The van der Waals surface area contributed by atoms with Gasteiger partial charge in [-0.2, -0.15) is 5.10 Å². The molecule has 0 aliphatic carbocycles. The third-order valence-electron chi connectivity index (χ3n) is 3.36. The number of nitrogens with zero attached hydrogens (tertiary/aromatic N) is 3. The molecule has 0 unspecified atom stereocenters. The van der Waals surface area contributed by atoms with Gasteiger partial charge in [-0.15, -0.1) is 0 Å². The van der Waals surface area contributed by atoms with Crippen LogP contribution in [0.25, 0.3) is 0 Å². The van der Waals surface area contributed by atoms with E-state index in [0.717, 1.165) is 5.56 Å². The van der Waals surface area contributed by atoms with Crippen LogP contribution in [0.2, 0.25) is 0 Å². The van der Waals surface area contributed by atoms with E-state index in [-0.39, 0.29) is 11.6 Å². The summed E-state index contributed by atoms with van der Waals surface area (Å²) in [6.45, 7) is 1.66. The molecule has 0 aliphatic rings. The maximum atomic E-state index is 12.1. The van der Waals surface area contributed by atoms with Crippen LogP contribution in [0, 0.1) is 5.21 Å². The van der Waals surface area contributed by atoms with Crippen molar-refractivity contribution in [2.75, 3.05) is 14.2 Å². The average molecular weight is 328 g/mol. The van der Waals surface area contributed by atoms with Gasteiger partial charge >= 0.3 is 0 Å². The van der Waals surface area contributed by atoms with Crippen molar-refractivity contribution in [3.05, 3.63) is 59.1 Å². The number of amides is 1. The molecule has 2 aromatic rings. The van der Waals surface area contributed by atoms with E-state index in [1.807, 2.05) is 0 Å². The fraction of sp³-hybridized carbons (Fsp3) is 0.235. The average Bonchev–Trinajstić information content (AvgIpc) is 2.62. The number of hydrogen-bond acceptors (Lipinski definition) is 6. The molecule has 1 aromatic carbocycles. The fourth-order valence-corrected chi connectivity index (χ4v) is 2.08. The number of pyridine rings is 1. The van der Waals surface area contributed by atoms with Gasteiger partial charge in [-0.25, -0.2) is 0 Å².